The quantitative estimate of drug-likeness (QED) is 0.246. The zero-order valence-corrected chi connectivity index (χ0v) is 25.3. The van der Waals surface area contributed by atoms with Gasteiger partial charge in [0.15, 0.2) is 0 Å². The summed E-state index contributed by atoms with van der Waals surface area (Å²) in [6, 6.07) is 26.1. The molecule has 2 N–H and O–H groups in total. The van der Waals surface area contributed by atoms with E-state index in [0.717, 1.165) is 16.7 Å². The van der Waals surface area contributed by atoms with Crippen molar-refractivity contribution in [3.63, 3.8) is 0 Å². The van der Waals surface area contributed by atoms with Gasteiger partial charge in [-0.3, -0.25) is 0 Å². The van der Waals surface area contributed by atoms with Crippen LogP contribution in [0.25, 0.3) is 0 Å². The van der Waals surface area contributed by atoms with E-state index in [4.69, 9.17) is 14.2 Å². The van der Waals surface area contributed by atoms with Crippen molar-refractivity contribution in [1.82, 2.24) is 10.2 Å². The van der Waals surface area contributed by atoms with Crippen LogP contribution in [0.1, 0.15) is 51.3 Å². The topological polar surface area (TPSA) is 97.3 Å². The Kier molecular flexibility index (Phi) is 12.2. The molecule has 8 heteroatoms. The van der Waals surface area contributed by atoms with Crippen LogP contribution >= 0.6 is 0 Å². The second-order valence-corrected chi connectivity index (χ2v) is 11.8. The van der Waals surface area contributed by atoms with Gasteiger partial charge in [-0.15, -0.1) is 0 Å². The van der Waals surface area contributed by atoms with Gasteiger partial charge in [-0.2, -0.15) is 0 Å². The number of ether oxygens (including phenoxy) is 3. The molecule has 0 aliphatic heterocycles. The highest BCUT2D eigenvalue weighted by Crippen LogP contribution is 2.18. The zero-order valence-electron chi connectivity index (χ0n) is 25.3. The van der Waals surface area contributed by atoms with Crippen molar-refractivity contribution < 1.29 is 28.9 Å². The summed E-state index contributed by atoms with van der Waals surface area (Å²) in [5.74, 6) is 0.853. The van der Waals surface area contributed by atoms with E-state index in [0.29, 0.717) is 25.3 Å². The maximum absolute atomic E-state index is 13.0. The van der Waals surface area contributed by atoms with Crippen LogP contribution in [0.5, 0.6) is 5.75 Å². The monoisotopic (exact) mass is 576 g/mol. The number of hydrogen-bond donors (Lipinski definition) is 2. The molecular formula is C34H44N2O6. The lowest BCUT2D eigenvalue weighted by Crippen LogP contribution is -2.52. The molecular weight excluding hydrogens is 532 g/mol. The molecule has 0 unspecified atom stereocenters. The fraction of sp³-hybridized carbons (Fsp3) is 0.412. The number of hydrogen-bond acceptors (Lipinski definition) is 6. The Bertz CT molecular complexity index is 1230. The van der Waals surface area contributed by atoms with Crippen LogP contribution in [-0.2, 0) is 29.1 Å². The summed E-state index contributed by atoms with van der Waals surface area (Å²) in [5, 5.41) is 14.2. The first-order valence-electron chi connectivity index (χ1n) is 14.4. The molecule has 0 spiro atoms. The number of carbonyl (C=O) groups excluding carboxylic acids is 2. The Morgan fingerprint density at radius 1 is 0.810 bits per heavy atom. The predicted octanol–water partition coefficient (Wildman–Crippen LogP) is 6.36. The molecule has 8 nitrogen and oxygen atoms in total. The summed E-state index contributed by atoms with van der Waals surface area (Å²) in [6.07, 6.45) is -1.94. The number of carbonyl (C=O) groups is 2. The van der Waals surface area contributed by atoms with Gasteiger partial charge in [0, 0.05) is 6.54 Å². The van der Waals surface area contributed by atoms with Crippen LogP contribution < -0.4 is 10.1 Å². The van der Waals surface area contributed by atoms with Crippen molar-refractivity contribution in [2.45, 2.75) is 72.0 Å². The lowest BCUT2D eigenvalue weighted by molar-refractivity contribution is 0.0323. The van der Waals surface area contributed by atoms with Crippen LogP contribution in [0, 0.1) is 5.92 Å². The number of alkyl carbamates (subject to hydrolysis) is 1. The Hall–Kier alpha value is -4.04. The summed E-state index contributed by atoms with van der Waals surface area (Å²) in [4.78, 5) is 27.3. The Morgan fingerprint density at radius 3 is 1.93 bits per heavy atom. The number of benzene rings is 3. The van der Waals surface area contributed by atoms with Crippen LogP contribution in [0.3, 0.4) is 0 Å². The largest absolute Gasteiger partial charge is 0.489 e. The minimum Gasteiger partial charge on any atom is -0.489 e. The van der Waals surface area contributed by atoms with E-state index in [9.17, 15) is 14.7 Å². The molecule has 0 saturated carbocycles. The van der Waals surface area contributed by atoms with Gasteiger partial charge in [-0.25, -0.2) is 9.59 Å². The lowest BCUT2D eigenvalue weighted by atomic mass is 10.0. The summed E-state index contributed by atoms with van der Waals surface area (Å²) in [6.45, 7) is 10.2. The zero-order chi connectivity index (χ0) is 30.5. The molecule has 0 bridgehead atoms. The minimum absolute atomic E-state index is 0.0233. The number of nitrogens with one attached hydrogen (secondary N) is 1. The van der Waals surface area contributed by atoms with E-state index in [-0.39, 0.29) is 19.1 Å². The van der Waals surface area contributed by atoms with Crippen LogP contribution in [0.15, 0.2) is 84.9 Å². The van der Waals surface area contributed by atoms with E-state index in [1.165, 1.54) is 4.90 Å². The average molecular weight is 577 g/mol. The van der Waals surface area contributed by atoms with Crippen LogP contribution in [0.2, 0.25) is 0 Å². The van der Waals surface area contributed by atoms with Crippen molar-refractivity contribution in [1.29, 1.82) is 0 Å². The Labute approximate surface area is 249 Å². The van der Waals surface area contributed by atoms with E-state index in [1.807, 2.05) is 98.8 Å². The summed E-state index contributed by atoms with van der Waals surface area (Å²) in [7, 11) is 0. The predicted molar refractivity (Wildman–Crippen MR) is 163 cm³/mol. The van der Waals surface area contributed by atoms with Crippen LogP contribution in [-0.4, -0.2) is 53.0 Å². The van der Waals surface area contributed by atoms with E-state index >= 15 is 0 Å². The first-order chi connectivity index (χ1) is 20.0. The molecule has 42 heavy (non-hydrogen) atoms. The highest BCUT2D eigenvalue weighted by molar-refractivity contribution is 5.69. The third-order valence-corrected chi connectivity index (χ3v) is 6.25. The van der Waals surface area contributed by atoms with Gasteiger partial charge >= 0.3 is 12.2 Å². The standard InChI is InChI=1S/C34H44N2O6/c1-25(2)21-36(33(39)41-24-28-14-10-7-11-15-28)22-31(37)30(35-32(38)42-34(3,4)5)20-26-16-18-29(19-17-26)40-23-27-12-8-6-9-13-27/h6-19,25,30-31,37H,20-24H2,1-5H3,(H,35,38)/t30-,31-/m1/s1. The molecule has 0 aliphatic carbocycles. The summed E-state index contributed by atoms with van der Waals surface area (Å²) in [5.41, 5.74) is 2.11. The highest BCUT2D eigenvalue weighted by Gasteiger charge is 2.29. The van der Waals surface area contributed by atoms with Crippen molar-refractivity contribution in [3.8, 4) is 5.75 Å². The molecule has 0 radical (unpaired) electrons. The number of rotatable bonds is 13. The van der Waals surface area contributed by atoms with Gasteiger partial charge in [0.2, 0.25) is 0 Å². The maximum atomic E-state index is 13.0. The van der Waals surface area contributed by atoms with Gasteiger partial charge in [-0.1, -0.05) is 86.6 Å². The number of aliphatic hydroxyl groups excluding tert-OH is 1. The van der Waals surface area contributed by atoms with E-state index in [2.05, 4.69) is 5.32 Å². The molecule has 3 aromatic rings. The van der Waals surface area contributed by atoms with Crippen molar-refractivity contribution in [2.75, 3.05) is 13.1 Å². The molecule has 226 valence electrons. The molecule has 0 fully saturated rings. The van der Waals surface area contributed by atoms with Gasteiger partial charge < -0.3 is 29.5 Å². The van der Waals surface area contributed by atoms with Crippen molar-refractivity contribution in [2.24, 2.45) is 5.92 Å². The molecule has 0 aromatic heterocycles. The normalized spacial score (nSPS) is 12.7. The number of nitrogens with zero attached hydrogens (tertiary/aromatic N) is 1. The van der Waals surface area contributed by atoms with Crippen LogP contribution in [0.4, 0.5) is 9.59 Å². The second-order valence-electron chi connectivity index (χ2n) is 11.8. The number of aliphatic hydroxyl groups is 1. The highest BCUT2D eigenvalue weighted by atomic mass is 16.6. The first-order valence-corrected chi connectivity index (χ1v) is 14.4. The molecule has 2 atom stereocenters. The molecule has 2 amide bonds. The Balaban J connectivity index is 1.69. The van der Waals surface area contributed by atoms with Gasteiger partial charge in [0.1, 0.15) is 24.6 Å². The third kappa shape index (κ3) is 11.8. The Morgan fingerprint density at radius 2 is 1.38 bits per heavy atom. The van der Waals surface area contributed by atoms with Crippen molar-refractivity contribution in [3.05, 3.63) is 102 Å². The summed E-state index contributed by atoms with van der Waals surface area (Å²) < 4.78 is 16.9. The van der Waals surface area contributed by atoms with Crippen molar-refractivity contribution >= 4 is 12.2 Å². The average Bonchev–Trinajstić information content (AvgIpc) is 2.94. The van der Waals surface area contributed by atoms with Gasteiger partial charge in [0.25, 0.3) is 0 Å². The molecule has 0 heterocycles. The lowest BCUT2D eigenvalue weighted by Gasteiger charge is -2.31. The fourth-order valence-corrected chi connectivity index (χ4v) is 4.29. The van der Waals surface area contributed by atoms with E-state index in [1.54, 1.807) is 20.8 Å². The minimum atomic E-state index is -1.09. The number of amides is 2. The molecule has 0 saturated heterocycles. The maximum Gasteiger partial charge on any atom is 0.410 e. The van der Waals surface area contributed by atoms with Gasteiger partial charge in [-0.05, 0) is 61.9 Å². The fourth-order valence-electron chi connectivity index (χ4n) is 4.29. The molecule has 3 aromatic carbocycles. The van der Waals surface area contributed by atoms with Gasteiger partial charge in [0.05, 0.1) is 18.7 Å². The van der Waals surface area contributed by atoms with E-state index < -0.39 is 29.9 Å². The second kappa shape index (κ2) is 15.8. The molecule has 3 rings (SSSR count). The third-order valence-electron chi connectivity index (χ3n) is 6.25. The summed E-state index contributed by atoms with van der Waals surface area (Å²) >= 11 is 0. The first kappa shape index (κ1) is 32.5. The smallest absolute Gasteiger partial charge is 0.410 e. The SMILES string of the molecule is CC(C)CN(C[C@@H](O)[C@@H](Cc1ccc(OCc2ccccc2)cc1)NC(=O)OC(C)(C)C)C(=O)OCc1ccccc1. The molecule has 0 aliphatic rings.